The van der Waals surface area contributed by atoms with Crippen LogP contribution in [-0.4, -0.2) is 43.2 Å². The normalized spacial score (nSPS) is 12.2. The molecule has 0 saturated heterocycles. The number of nitrogens with zero attached hydrogens (tertiary/aromatic N) is 1. The number of ether oxygens (including phenoxy) is 1. The van der Waals surface area contributed by atoms with Crippen molar-refractivity contribution in [2.24, 2.45) is 0 Å². The molecule has 1 rings (SSSR count). The fourth-order valence-electron chi connectivity index (χ4n) is 2.08. The molecule has 0 spiro atoms. The summed E-state index contributed by atoms with van der Waals surface area (Å²) in [5.74, 6) is -0.177. The highest BCUT2D eigenvalue weighted by Crippen LogP contribution is 2.11. The van der Waals surface area contributed by atoms with Gasteiger partial charge < -0.3 is 15.0 Å². The summed E-state index contributed by atoms with van der Waals surface area (Å²) in [4.78, 5) is 14.3. The summed E-state index contributed by atoms with van der Waals surface area (Å²) in [5.41, 5.74) is 0.949. The van der Waals surface area contributed by atoms with Crippen molar-refractivity contribution in [3.8, 4) is 0 Å². The van der Waals surface area contributed by atoms with Crippen molar-refractivity contribution < 1.29 is 9.53 Å². The van der Waals surface area contributed by atoms with Crippen molar-refractivity contribution in [2.75, 3.05) is 31.6 Å². The molecule has 112 valence electrons. The first-order valence-corrected chi connectivity index (χ1v) is 7.41. The van der Waals surface area contributed by atoms with E-state index < -0.39 is 0 Å². The molecule has 0 amide bonds. The minimum atomic E-state index is -0.294. The van der Waals surface area contributed by atoms with Gasteiger partial charge in [-0.25, -0.2) is 4.79 Å². The lowest BCUT2D eigenvalue weighted by molar-refractivity contribution is -0.144. The van der Waals surface area contributed by atoms with E-state index in [9.17, 15) is 4.79 Å². The predicted octanol–water partition coefficient (Wildman–Crippen LogP) is 2.76. The number of benzene rings is 1. The van der Waals surface area contributed by atoms with Gasteiger partial charge in [0.05, 0.1) is 6.61 Å². The number of rotatable bonds is 9. The Hall–Kier alpha value is -1.55. The predicted molar refractivity (Wildman–Crippen MR) is 82.9 cm³/mol. The van der Waals surface area contributed by atoms with Crippen molar-refractivity contribution in [1.82, 2.24) is 4.90 Å². The fourth-order valence-corrected chi connectivity index (χ4v) is 2.08. The number of hydrogen-bond acceptors (Lipinski definition) is 4. The molecule has 1 aromatic rings. The molecule has 1 aromatic carbocycles. The van der Waals surface area contributed by atoms with E-state index in [0.717, 1.165) is 31.7 Å². The van der Waals surface area contributed by atoms with Gasteiger partial charge in [-0.15, -0.1) is 0 Å². The van der Waals surface area contributed by atoms with Crippen LogP contribution in [0, 0.1) is 0 Å². The number of carbonyl (C=O) groups excluding carboxylic acids is 1. The smallest absolute Gasteiger partial charge is 0.328 e. The molecular weight excluding hydrogens is 252 g/mol. The molecule has 0 unspecified atom stereocenters. The summed E-state index contributed by atoms with van der Waals surface area (Å²) >= 11 is 0. The lowest BCUT2D eigenvalue weighted by atomic mass is 10.1. The number of nitrogens with one attached hydrogen (secondary N) is 1. The second-order valence-electron chi connectivity index (χ2n) is 4.63. The first-order chi connectivity index (χ1) is 9.71. The van der Waals surface area contributed by atoms with Gasteiger partial charge in [-0.2, -0.15) is 0 Å². The summed E-state index contributed by atoms with van der Waals surface area (Å²) < 4.78 is 5.16. The quantitative estimate of drug-likeness (QED) is 0.705. The minimum Gasteiger partial charge on any atom is -0.464 e. The minimum absolute atomic E-state index is 0.177. The zero-order chi connectivity index (χ0) is 14.8. The highest BCUT2D eigenvalue weighted by Gasteiger charge is 2.20. The average molecular weight is 278 g/mol. The number of para-hydroxylation sites is 1. The highest BCUT2D eigenvalue weighted by atomic mass is 16.5. The summed E-state index contributed by atoms with van der Waals surface area (Å²) in [6, 6.07) is 9.50. The summed E-state index contributed by atoms with van der Waals surface area (Å²) in [7, 11) is 0. The molecule has 0 heterocycles. The second-order valence-corrected chi connectivity index (χ2v) is 4.63. The van der Waals surface area contributed by atoms with Gasteiger partial charge in [-0.3, -0.25) is 0 Å². The molecule has 4 nitrogen and oxygen atoms in total. The van der Waals surface area contributed by atoms with E-state index >= 15 is 0 Å². The van der Waals surface area contributed by atoms with E-state index in [-0.39, 0.29) is 12.0 Å². The van der Waals surface area contributed by atoms with Crippen LogP contribution in [0.4, 0.5) is 5.69 Å². The lowest BCUT2D eigenvalue weighted by Gasteiger charge is -2.23. The van der Waals surface area contributed by atoms with E-state index in [0.29, 0.717) is 6.61 Å². The number of carbonyl (C=O) groups is 1. The summed E-state index contributed by atoms with van der Waals surface area (Å²) in [6.45, 7) is 9.39. The fraction of sp³-hybridized carbons (Fsp3) is 0.562. The Kier molecular flexibility index (Phi) is 7.73. The van der Waals surface area contributed by atoms with Crippen LogP contribution >= 0.6 is 0 Å². The Balaban J connectivity index is 2.62. The molecule has 20 heavy (non-hydrogen) atoms. The molecule has 0 aliphatic carbocycles. The Morgan fingerprint density at radius 3 is 2.40 bits per heavy atom. The van der Waals surface area contributed by atoms with Crippen molar-refractivity contribution >= 4 is 11.7 Å². The molecule has 0 aliphatic heterocycles. The molecule has 1 N–H and O–H groups in total. The molecule has 0 aromatic heterocycles. The maximum Gasteiger partial charge on any atom is 0.328 e. The third kappa shape index (κ3) is 5.61. The molecular formula is C16H26N2O2. The Morgan fingerprint density at radius 2 is 1.85 bits per heavy atom. The third-order valence-electron chi connectivity index (χ3n) is 3.31. The molecule has 0 radical (unpaired) electrons. The molecule has 0 fully saturated rings. The lowest BCUT2D eigenvalue weighted by Crippen LogP contribution is -2.36. The van der Waals surface area contributed by atoms with Crippen molar-refractivity contribution in [3.63, 3.8) is 0 Å². The van der Waals surface area contributed by atoms with E-state index in [1.807, 2.05) is 37.3 Å². The molecule has 0 aliphatic rings. The van der Waals surface area contributed by atoms with Gasteiger partial charge in [0.1, 0.15) is 6.04 Å². The largest absolute Gasteiger partial charge is 0.464 e. The zero-order valence-electron chi connectivity index (χ0n) is 12.8. The van der Waals surface area contributed by atoms with E-state index in [4.69, 9.17) is 4.74 Å². The number of anilines is 1. The Bertz CT molecular complexity index is 377. The van der Waals surface area contributed by atoms with Crippen LogP contribution in [0.2, 0.25) is 0 Å². The first kappa shape index (κ1) is 16.5. The number of hydrogen-bond donors (Lipinski definition) is 1. The standard InChI is InChI=1S/C16H26N2O2/c1-4-18(5-2)13-12-15(16(19)20-6-3)17-14-10-8-7-9-11-14/h7-11,15,17H,4-6,12-13H2,1-3H3/t15-/m1/s1. The molecule has 1 atom stereocenters. The number of esters is 1. The van der Waals surface area contributed by atoms with Crippen LogP contribution in [0.15, 0.2) is 30.3 Å². The van der Waals surface area contributed by atoms with Crippen LogP contribution < -0.4 is 5.32 Å². The van der Waals surface area contributed by atoms with Gasteiger partial charge in [0.25, 0.3) is 0 Å². The highest BCUT2D eigenvalue weighted by molar-refractivity contribution is 5.79. The van der Waals surface area contributed by atoms with Crippen molar-refractivity contribution in [3.05, 3.63) is 30.3 Å². The Labute approximate surface area is 122 Å². The van der Waals surface area contributed by atoms with Gasteiger partial charge in [0, 0.05) is 12.2 Å². The first-order valence-electron chi connectivity index (χ1n) is 7.41. The third-order valence-corrected chi connectivity index (χ3v) is 3.31. The summed E-state index contributed by atoms with van der Waals surface area (Å²) in [6.07, 6.45) is 0.745. The monoisotopic (exact) mass is 278 g/mol. The molecule has 0 saturated carbocycles. The van der Waals surface area contributed by atoms with E-state index in [1.165, 1.54) is 0 Å². The van der Waals surface area contributed by atoms with Crippen LogP contribution in [0.1, 0.15) is 27.2 Å². The van der Waals surface area contributed by atoms with Gasteiger partial charge >= 0.3 is 5.97 Å². The Morgan fingerprint density at radius 1 is 1.20 bits per heavy atom. The van der Waals surface area contributed by atoms with E-state index in [2.05, 4.69) is 24.1 Å². The van der Waals surface area contributed by atoms with Crippen LogP contribution in [0.25, 0.3) is 0 Å². The average Bonchev–Trinajstić information content (AvgIpc) is 2.48. The van der Waals surface area contributed by atoms with Crippen LogP contribution in [0.5, 0.6) is 0 Å². The van der Waals surface area contributed by atoms with Crippen molar-refractivity contribution in [2.45, 2.75) is 33.2 Å². The molecule has 4 heteroatoms. The van der Waals surface area contributed by atoms with Crippen LogP contribution in [0.3, 0.4) is 0 Å². The van der Waals surface area contributed by atoms with Gasteiger partial charge in [-0.05, 0) is 38.6 Å². The maximum atomic E-state index is 12.0. The molecule has 0 bridgehead atoms. The van der Waals surface area contributed by atoms with Gasteiger partial charge in [0.15, 0.2) is 0 Å². The van der Waals surface area contributed by atoms with E-state index in [1.54, 1.807) is 0 Å². The summed E-state index contributed by atoms with van der Waals surface area (Å²) in [5, 5.41) is 3.27. The van der Waals surface area contributed by atoms with Gasteiger partial charge in [0.2, 0.25) is 0 Å². The van der Waals surface area contributed by atoms with Gasteiger partial charge in [-0.1, -0.05) is 32.0 Å². The SMILES string of the molecule is CCOC(=O)[C@@H](CCN(CC)CC)Nc1ccccc1. The van der Waals surface area contributed by atoms with Crippen LogP contribution in [-0.2, 0) is 9.53 Å². The zero-order valence-corrected chi connectivity index (χ0v) is 12.8. The maximum absolute atomic E-state index is 12.0. The topological polar surface area (TPSA) is 41.6 Å². The van der Waals surface area contributed by atoms with Crippen molar-refractivity contribution in [1.29, 1.82) is 0 Å². The second kappa shape index (κ2) is 9.37.